The van der Waals surface area contributed by atoms with E-state index in [1.54, 1.807) is 12.0 Å². The van der Waals surface area contributed by atoms with Crippen molar-refractivity contribution in [3.05, 3.63) is 30.0 Å². The molecule has 0 saturated carbocycles. The summed E-state index contributed by atoms with van der Waals surface area (Å²) >= 11 is 0. The van der Waals surface area contributed by atoms with Gasteiger partial charge in [0.05, 0.1) is 20.3 Å². The van der Waals surface area contributed by atoms with E-state index in [1.165, 1.54) is 10.9 Å². The Hall–Kier alpha value is -2.01. The molecule has 2 aromatic rings. The van der Waals surface area contributed by atoms with Gasteiger partial charge in [0.15, 0.2) is 0 Å². The van der Waals surface area contributed by atoms with Crippen LogP contribution >= 0.6 is 0 Å². The number of aryl methyl sites for hydroxylation is 1. The summed E-state index contributed by atoms with van der Waals surface area (Å²) in [5.74, 6) is 0.954. The van der Waals surface area contributed by atoms with Crippen LogP contribution in [0.4, 0.5) is 0 Å². The van der Waals surface area contributed by atoms with Gasteiger partial charge in [-0.2, -0.15) is 0 Å². The molecular weight excluding hydrogens is 268 g/mol. The van der Waals surface area contributed by atoms with E-state index in [9.17, 15) is 4.79 Å². The zero-order valence-electron chi connectivity index (χ0n) is 12.6. The van der Waals surface area contributed by atoms with Crippen molar-refractivity contribution in [2.75, 3.05) is 33.4 Å². The number of H-pyrrole nitrogens is 1. The number of carbonyl (C=O) groups is 1. The van der Waals surface area contributed by atoms with Crippen molar-refractivity contribution in [1.29, 1.82) is 0 Å². The molecular formula is C16H22N2O3. The zero-order chi connectivity index (χ0) is 15.1. The first-order valence-corrected chi connectivity index (χ1v) is 7.20. The number of morpholine rings is 1. The van der Waals surface area contributed by atoms with Gasteiger partial charge in [0.25, 0.3) is 0 Å². The SMILES string of the molecule is CCc1c[nH]c2cccc(OC)c12.O=CN1CCOCC1. The molecule has 1 fully saturated rings. The molecule has 114 valence electrons. The lowest BCUT2D eigenvalue weighted by molar-refractivity contribution is -0.121. The maximum absolute atomic E-state index is 10.0. The molecule has 0 unspecified atom stereocenters. The van der Waals surface area contributed by atoms with E-state index in [2.05, 4.69) is 18.0 Å². The van der Waals surface area contributed by atoms with Gasteiger partial charge in [0.1, 0.15) is 5.75 Å². The average molecular weight is 290 g/mol. The summed E-state index contributed by atoms with van der Waals surface area (Å²) in [6, 6.07) is 6.06. The number of hydrogen-bond donors (Lipinski definition) is 1. The first kappa shape index (κ1) is 15.4. The van der Waals surface area contributed by atoms with Crippen molar-refractivity contribution < 1.29 is 14.3 Å². The number of aromatic nitrogens is 1. The van der Waals surface area contributed by atoms with Crippen LogP contribution in [0, 0.1) is 0 Å². The summed E-state index contributed by atoms with van der Waals surface area (Å²) in [6.07, 6.45) is 3.94. The molecule has 3 rings (SSSR count). The van der Waals surface area contributed by atoms with Gasteiger partial charge in [-0.1, -0.05) is 13.0 Å². The summed E-state index contributed by atoms with van der Waals surface area (Å²) in [5.41, 5.74) is 2.46. The van der Waals surface area contributed by atoms with Crippen LogP contribution in [0.25, 0.3) is 10.9 Å². The molecule has 1 N–H and O–H groups in total. The van der Waals surface area contributed by atoms with Gasteiger partial charge in [-0.25, -0.2) is 0 Å². The monoisotopic (exact) mass is 290 g/mol. The van der Waals surface area contributed by atoms with Crippen LogP contribution in [-0.2, 0) is 16.0 Å². The van der Waals surface area contributed by atoms with E-state index in [-0.39, 0.29) is 0 Å². The summed E-state index contributed by atoms with van der Waals surface area (Å²) in [5, 5.41) is 1.22. The molecule has 0 aliphatic carbocycles. The van der Waals surface area contributed by atoms with Gasteiger partial charge in [-0.15, -0.1) is 0 Å². The Bertz CT molecular complexity index is 574. The topological polar surface area (TPSA) is 54.6 Å². The third kappa shape index (κ3) is 3.76. The Labute approximate surface area is 124 Å². The van der Waals surface area contributed by atoms with Crippen LogP contribution < -0.4 is 4.74 Å². The smallest absolute Gasteiger partial charge is 0.209 e. The molecule has 1 aromatic heterocycles. The fraction of sp³-hybridized carbons (Fsp3) is 0.438. The molecule has 0 bridgehead atoms. The average Bonchev–Trinajstić information content (AvgIpc) is 2.99. The predicted molar refractivity (Wildman–Crippen MR) is 82.7 cm³/mol. The largest absolute Gasteiger partial charge is 0.496 e. The van der Waals surface area contributed by atoms with Crippen LogP contribution in [-0.4, -0.2) is 49.7 Å². The third-order valence-electron chi connectivity index (χ3n) is 3.54. The number of amides is 1. The van der Waals surface area contributed by atoms with E-state index in [1.807, 2.05) is 18.3 Å². The van der Waals surface area contributed by atoms with Crippen LogP contribution in [0.15, 0.2) is 24.4 Å². The molecule has 1 saturated heterocycles. The quantitative estimate of drug-likeness (QED) is 0.882. The number of carbonyl (C=O) groups excluding carboxylic acids is 1. The summed E-state index contributed by atoms with van der Waals surface area (Å²) in [4.78, 5) is 15.0. The fourth-order valence-electron chi connectivity index (χ4n) is 2.35. The minimum atomic E-state index is 0.693. The molecule has 5 nitrogen and oxygen atoms in total. The first-order chi connectivity index (χ1) is 10.3. The number of aromatic amines is 1. The summed E-state index contributed by atoms with van der Waals surface area (Å²) < 4.78 is 10.3. The van der Waals surface area contributed by atoms with Crippen LogP contribution in [0.5, 0.6) is 5.75 Å². The number of rotatable bonds is 3. The van der Waals surface area contributed by atoms with E-state index < -0.39 is 0 Å². The molecule has 2 heterocycles. The molecule has 21 heavy (non-hydrogen) atoms. The van der Waals surface area contributed by atoms with Crippen molar-refractivity contribution in [3.63, 3.8) is 0 Å². The van der Waals surface area contributed by atoms with E-state index >= 15 is 0 Å². The predicted octanol–water partition coefficient (Wildman–Crippen LogP) is 2.21. The molecule has 1 aliphatic rings. The molecule has 0 radical (unpaired) electrons. The fourth-order valence-corrected chi connectivity index (χ4v) is 2.35. The van der Waals surface area contributed by atoms with Gasteiger partial charge in [0.2, 0.25) is 6.41 Å². The van der Waals surface area contributed by atoms with Gasteiger partial charge >= 0.3 is 0 Å². The van der Waals surface area contributed by atoms with Crippen molar-refractivity contribution in [3.8, 4) is 5.75 Å². The Morgan fingerprint density at radius 2 is 2.14 bits per heavy atom. The Morgan fingerprint density at radius 1 is 1.38 bits per heavy atom. The Kier molecular flexibility index (Phi) is 5.63. The van der Waals surface area contributed by atoms with Crippen LogP contribution in [0.3, 0.4) is 0 Å². The van der Waals surface area contributed by atoms with Crippen molar-refractivity contribution >= 4 is 17.3 Å². The zero-order valence-corrected chi connectivity index (χ0v) is 12.6. The highest BCUT2D eigenvalue weighted by molar-refractivity contribution is 5.89. The van der Waals surface area contributed by atoms with Crippen molar-refractivity contribution in [1.82, 2.24) is 9.88 Å². The number of fused-ring (bicyclic) bond motifs is 1. The van der Waals surface area contributed by atoms with Gasteiger partial charge in [-0.05, 0) is 24.1 Å². The number of benzene rings is 1. The number of ether oxygens (including phenoxy) is 2. The highest BCUT2D eigenvalue weighted by atomic mass is 16.5. The van der Waals surface area contributed by atoms with Crippen molar-refractivity contribution in [2.45, 2.75) is 13.3 Å². The molecule has 1 amide bonds. The van der Waals surface area contributed by atoms with Gasteiger partial charge in [0, 0.05) is 30.2 Å². The number of hydrogen-bond acceptors (Lipinski definition) is 3. The lowest BCUT2D eigenvalue weighted by atomic mass is 10.1. The van der Waals surface area contributed by atoms with E-state index in [0.29, 0.717) is 13.2 Å². The third-order valence-corrected chi connectivity index (χ3v) is 3.54. The minimum Gasteiger partial charge on any atom is -0.496 e. The van der Waals surface area contributed by atoms with Gasteiger partial charge < -0.3 is 19.4 Å². The lowest BCUT2D eigenvalue weighted by Crippen LogP contribution is -2.34. The maximum Gasteiger partial charge on any atom is 0.209 e. The second kappa shape index (κ2) is 7.69. The molecule has 1 aromatic carbocycles. The molecule has 1 aliphatic heterocycles. The van der Waals surface area contributed by atoms with E-state index in [0.717, 1.165) is 37.2 Å². The molecule has 0 atom stereocenters. The number of methoxy groups -OCH3 is 1. The summed E-state index contributed by atoms with van der Waals surface area (Å²) in [7, 11) is 1.71. The first-order valence-electron chi connectivity index (χ1n) is 7.20. The Balaban J connectivity index is 0.000000173. The van der Waals surface area contributed by atoms with Crippen LogP contribution in [0.2, 0.25) is 0 Å². The highest BCUT2D eigenvalue weighted by Crippen LogP contribution is 2.28. The van der Waals surface area contributed by atoms with Crippen molar-refractivity contribution in [2.24, 2.45) is 0 Å². The second-order valence-electron chi connectivity index (χ2n) is 4.80. The standard InChI is InChI=1S/C11H13NO.C5H9NO2/c1-3-8-7-12-9-5-4-6-10(13-2)11(8)9;7-5-6-1-3-8-4-2-6/h4-7,12H,3H2,1-2H3;5H,1-4H2. The van der Waals surface area contributed by atoms with Crippen LogP contribution in [0.1, 0.15) is 12.5 Å². The molecule has 0 spiro atoms. The second-order valence-corrected chi connectivity index (χ2v) is 4.80. The van der Waals surface area contributed by atoms with E-state index in [4.69, 9.17) is 9.47 Å². The number of nitrogens with zero attached hydrogens (tertiary/aromatic N) is 1. The highest BCUT2D eigenvalue weighted by Gasteiger charge is 2.06. The van der Waals surface area contributed by atoms with Gasteiger partial charge in [-0.3, -0.25) is 4.79 Å². The Morgan fingerprint density at radius 3 is 2.71 bits per heavy atom. The lowest BCUT2D eigenvalue weighted by Gasteiger charge is -2.21. The molecule has 5 heteroatoms. The minimum absolute atomic E-state index is 0.693. The maximum atomic E-state index is 10.0. The normalized spacial score (nSPS) is 14.5. The summed E-state index contributed by atoms with van der Waals surface area (Å²) in [6.45, 7) is 5.04. The number of nitrogens with one attached hydrogen (secondary N) is 1.